The highest BCUT2D eigenvalue weighted by atomic mass is 16.5. The Labute approximate surface area is 116 Å². The molecule has 0 spiro atoms. The lowest BCUT2D eigenvalue weighted by molar-refractivity contribution is -0.112. The molecule has 0 bridgehead atoms. The molecule has 3 rings (SSSR count). The van der Waals surface area contributed by atoms with E-state index in [0.717, 1.165) is 18.4 Å². The molecule has 1 saturated heterocycles. The fraction of sp³-hybridized carbons (Fsp3) is 0.357. The minimum Gasteiger partial charge on any atom is -0.378 e. The van der Waals surface area contributed by atoms with E-state index in [0.29, 0.717) is 13.2 Å². The fourth-order valence-corrected chi connectivity index (χ4v) is 2.38. The summed E-state index contributed by atoms with van der Waals surface area (Å²) in [6.45, 7) is 1.08. The minimum atomic E-state index is -0.202. The predicted molar refractivity (Wildman–Crippen MR) is 72.7 cm³/mol. The number of ether oxygens (including phenoxy) is 1. The van der Waals surface area contributed by atoms with Crippen LogP contribution in [0, 0.1) is 0 Å². The van der Waals surface area contributed by atoms with Gasteiger partial charge in [-0.2, -0.15) is 5.10 Å². The lowest BCUT2D eigenvalue weighted by Crippen LogP contribution is -2.50. The second-order valence-electron chi connectivity index (χ2n) is 4.86. The summed E-state index contributed by atoms with van der Waals surface area (Å²) in [4.78, 5) is 14.8. The Kier molecular flexibility index (Phi) is 3.85. The number of rotatable bonds is 4. The van der Waals surface area contributed by atoms with E-state index in [1.807, 2.05) is 12.1 Å². The van der Waals surface area contributed by atoms with E-state index in [-0.39, 0.29) is 12.1 Å². The Morgan fingerprint density at radius 3 is 3.20 bits per heavy atom. The number of morpholine rings is 1. The van der Waals surface area contributed by atoms with Crippen molar-refractivity contribution in [2.24, 2.45) is 0 Å². The summed E-state index contributed by atoms with van der Waals surface area (Å²) < 4.78 is 7.16. The molecule has 0 saturated carbocycles. The van der Waals surface area contributed by atoms with E-state index in [2.05, 4.69) is 27.5 Å². The third kappa shape index (κ3) is 2.92. The highest BCUT2D eigenvalue weighted by Gasteiger charge is 2.21. The summed E-state index contributed by atoms with van der Waals surface area (Å²) in [5.74, 6) is 0. The highest BCUT2D eigenvalue weighted by Crippen LogP contribution is 2.12. The van der Waals surface area contributed by atoms with Crippen LogP contribution < -0.4 is 5.32 Å². The first-order chi connectivity index (χ1) is 9.85. The molecule has 0 radical (unpaired) electrons. The quantitative estimate of drug-likeness (QED) is 0.814. The van der Waals surface area contributed by atoms with Gasteiger partial charge in [-0.3, -0.25) is 0 Å². The number of hydrogen-bond acceptors (Lipinski definition) is 5. The number of aldehydes is 1. The summed E-state index contributed by atoms with van der Waals surface area (Å²) in [6, 6.07) is 8.06. The molecule has 0 aliphatic carbocycles. The molecular formula is C14H16N4O2. The number of nitrogens with one attached hydrogen (secondary N) is 1. The predicted octanol–water partition coefficient (Wildman–Crippen LogP) is 0.366. The SMILES string of the molecule is O=CC1COC[C@@H](Cc2cccc(-n3cncn3)c2)N1. The Balaban J connectivity index is 1.71. The van der Waals surface area contributed by atoms with Crippen molar-refractivity contribution in [2.45, 2.75) is 18.5 Å². The molecule has 1 unspecified atom stereocenters. The first kappa shape index (κ1) is 13.0. The molecule has 20 heavy (non-hydrogen) atoms. The molecule has 1 N–H and O–H groups in total. The van der Waals surface area contributed by atoms with Gasteiger partial charge < -0.3 is 14.8 Å². The average molecular weight is 272 g/mol. The largest absolute Gasteiger partial charge is 0.378 e. The van der Waals surface area contributed by atoms with Crippen molar-refractivity contribution < 1.29 is 9.53 Å². The molecule has 1 aliphatic heterocycles. The number of nitrogens with zero attached hydrogens (tertiary/aromatic N) is 3. The Hall–Kier alpha value is -2.05. The van der Waals surface area contributed by atoms with Crippen molar-refractivity contribution in [1.82, 2.24) is 20.1 Å². The monoisotopic (exact) mass is 272 g/mol. The standard InChI is InChI=1S/C14H16N4O2/c19-6-13-8-20-7-12(17-13)4-11-2-1-3-14(5-11)18-10-15-9-16-18/h1-3,5-6,9-10,12-13,17H,4,7-8H2/t12-,13?/m1/s1. The van der Waals surface area contributed by atoms with Gasteiger partial charge in [-0.05, 0) is 24.1 Å². The second kappa shape index (κ2) is 5.94. The molecule has 1 aromatic heterocycles. The smallest absolute Gasteiger partial charge is 0.139 e. The van der Waals surface area contributed by atoms with Crippen molar-refractivity contribution in [3.8, 4) is 5.69 Å². The average Bonchev–Trinajstić information content (AvgIpc) is 3.02. The van der Waals surface area contributed by atoms with Gasteiger partial charge in [0.25, 0.3) is 0 Å². The molecule has 0 amide bonds. The lowest BCUT2D eigenvalue weighted by atomic mass is 10.0. The minimum absolute atomic E-state index is 0.157. The van der Waals surface area contributed by atoms with Gasteiger partial charge in [-0.25, -0.2) is 9.67 Å². The van der Waals surface area contributed by atoms with Gasteiger partial charge in [0.15, 0.2) is 0 Å². The van der Waals surface area contributed by atoms with Crippen molar-refractivity contribution >= 4 is 6.29 Å². The van der Waals surface area contributed by atoms with Gasteiger partial charge in [-0.15, -0.1) is 0 Å². The molecule has 6 heteroatoms. The zero-order chi connectivity index (χ0) is 13.8. The van der Waals surface area contributed by atoms with Crippen molar-refractivity contribution in [1.29, 1.82) is 0 Å². The van der Waals surface area contributed by atoms with Crippen molar-refractivity contribution in [3.05, 3.63) is 42.5 Å². The van der Waals surface area contributed by atoms with Gasteiger partial charge in [0.05, 0.1) is 24.9 Å². The van der Waals surface area contributed by atoms with Gasteiger partial charge in [0, 0.05) is 6.04 Å². The van der Waals surface area contributed by atoms with E-state index in [1.54, 1.807) is 11.0 Å². The number of aromatic nitrogens is 3. The van der Waals surface area contributed by atoms with Crippen LogP contribution in [0.3, 0.4) is 0 Å². The zero-order valence-electron chi connectivity index (χ0n) is 11.0. The maximum atomic E-state index is 10.8. The van der Waals surface area contributed by atoms with Crippen LogP contribution in [0.15, 0.2) is 36.9 Å². The van der Waals surface area contributed by atoms with Gasteiger partial charge >= 0.3 is 0 Å². The van der Waals surface area contributed by atoms with E-state index in [9.17, 15) is 4.79 Å². The van der Waals surface area contributed by atoms with E-state index in [1.165, 1.54) is 11.9 Å². The van der Waals surface area contributed by atoms with Crippen LogP contribution >= 0.6 is 0 Å². The Morgan fingerprint density at radius 1 is 1.45 bits per heavy atom. The third-order valence-electron chi connectivity index (χ3n) is 3.31. The topological polar surface area (TPSA) is 69.0 Å². The van der Waals surface area contributed by atoms with E-state index < -0.39 is 0 Å². The molecule has 1 fully saturated rings. The zero-order valence-corrected chi connectivity index (χ0v) is 11.0. The summed E-state index contributed by atoms with van der Waals surface area (Å²) >= 11 is 0. The fourth-order valence-electron chi connectivity index (χ4n) is 2.38. The molecule has 2 heterocycles. The number of benzene rings is 1. The number of carbonyl (C=O) groups excluding carboxylic acids is 1. The van der Waals surface area contributed by atoms with Crippen LogP contribution in [0.1, 0.15) is 5.56 Å². The highest BCUT2D eigenvalue weighted by molar-refractivity contribution is 5.58. The normalized spacial score (nSPS) is 22.6. The third-order valence-corrected chi connectivity index (χ3v) is 3.31. The van der Waals surface area contributed by atoms with Crippen LogP contribution in [-0.4, -0.2) is 46.3 Å². The van der Waals surface area contributed by atoms with Crippen LogP contribution in [0.5, 0.6) is 0 Å². The van der Waals surface area contributed by atoms with Crippen LogP contribution in [0.2, 0.25) is 0 Å². The second-order valence-corrected chi connectivity index (χ2v) is 4.86. The van der Waals surface area contributed by atoms with Crippen LogP contribution in [0.25, 0.3) is 5.69 Å². The Bertz CT molecular complexity index is 570. The van der Waals surface area contributed by atoms with Crippen LogP contribution in [0.4, 0.5) is 0 Å². The van der Waals surface area contributed by atoms with Gasteiger partial charge in [0.2, 0.25) is 0 Å². The first-order valence-corrected chi connectivity index (χ1v) is 6.58. The van der Waals surface area contributed by atoms with Crippen molar-refractivity contribution in [2.75, 3.05) is 13.2 Å². The van der Waals surface area contributed by atoms with Crippen molar-refractivity contribution in [3.63, 3.8) is 0 Å². The molecule has 2 aromatic rings. The molecular weight excluding hydrogens is 256 g/mol. The maximum Gasteiger partial charge on any atom is 0.139 e. The molecule has 1 aliphatic rings. The van der Waals surface area contributed by atoms with E-state index in [4.69, 9.17) is 4.74 Å². The first-order valence-electron chi connectivity index (χ1n) is 6.58. The molecule has 104 valence electrons. The summed E-state index contributed by atoms with van der Waals surface area (Å²) in [7, 11) is 0. The van der Waals surface area contributed by atoms with E-state index >= 15 is 0 Å². The number of hydrogen-bond donors (Lipinski definition) is 1. The molecule has 2 atom stereocenters. The molecule has 6 nitrogen and oxygen atoms in total. The van der Waals surface area contributed by atoms with Gasteiger partial charge in [0.1, 0.15) is 18.9 Å². The Morgan fingerprint density at radius 2 is 2.40 bits per heavy atom. The maximum absolute atomic E-state index is 10.8. The molecule has 1 aromatic carbocycles. The summed E-state index contributed by atoms with van der Waals surface area (Å²) in [5, 5.41) is 7.40. The van der Waals surface area contributed by atoms with Gasteiger partial charge in [-0.1, -0.05) is 12.1 Å². The summed E-state index contributed by atoms with van der Waals surface area (Å²) in [5.41, 5.74) is 2.15. The number of carbonyl (C=O) groups is 1. The summed E-state index contributed by atoms with van der Waals surface area (Å²) in [6.07, 6.45) is 4.90. The lowest BCUT2D eigenvalue weighted by Gasteiger charge is -2.28. The van der Waals surface area contributed by atoms with Crippen LogP contribution in [-0.2, 0) is 16.0 Å².